The predicted molar refractivity (Wildman–Crippen MR) is 135 cm³/mol. The van der Waals surface area contributed by atoms with E-state index in [1.807, 2.05) is 18.2 Å². The molecule has 0 atom stereocenters. The Morgan fingerprint density at radius 2 is 0.812 bits per heavy atom. The topological polar surface area (TPSA) is 0 Å². The van der Waals surface area contributed by atoms with E-state index in [0.29, 0.717) is 0 Å². The molecule has 0 nitrogen and oxygen atoms in total. The average molecular weight is 431 g/mol. The van der Waals surface area contributed by atoms with Crippen LogP contribution < -0.4 is 0 Å². The summed E-state index contributed by atoms with van der Waals surface area (Å²) in [5.74, 6) is 0. The molecule has 0 N–H and O–H groups in total. The van der Waals surface area contributed by atoms with Crippen LogP contribution in [0.5, 0.6) is 0 Å². The van der Waals surface area contributed by atoms with Crippen molar-refractivity contribution in [2.45, 2.75) is 5.41 Å². The van der Waals surface area contributed by atoms with Gasteiger partial charge >= 0.3 is 0 Å². The molecule has 5 rings (SSSR count). The van der Waals surface area contributed by atoms with E-state index in [9.17, 15) is 0 Å². The number of halogens is 1. The van der Waals surface area contributed by atoms with Crippen LogP contribution >= 0.6 is 11.6 Å². The minimum atomic E-state index is -0.420. The van der Waals surface area contributed by atoms with E-state index >= 15 is 0 Å². The lowest BCUT2D eigenvalue weighted by Gasteiger charge is -2.37. The van der Waals surface area contributed by atoms with Gasteiger partial charge in [-0.25, -0.2) is 0 Å². The van der Waals surface area contributed by atoms with Crippen molar-refractivity contribution in [2.24, 2.45) is 0 Å². The van der Waals surface area contributed by atoms with E-state index < -0.39 is 5.41 Å². The van der Waals surface area contributed by atoms with Crippen LogP contribution in [-0.2, 0) is 5.41 Å². The van der Waals surface area contributed by atoms with Gasteiger partial charge in [0, 0.05) is 5.02 Å². The van der Waals surface area contributed by atoms with Crippen molar-refractivity contribution in [3.63, 3.8) is 0 Å². The molecular weight excluding hydrogens is 408 g/mol. The minimum Gasteiger partial charge on any atom is -0.0843 e. The first-order chi connectivity index (χ1) is 15.8. The molecule has 0 saturated heterocycles. The standard InChI is InChI=1S/C31H23Cl/c32-30-18-10-11-25(23-30)24-19-21-29(22-20-24)31(26-12-4-1-5-13-26,27-14-6-2-7-15-27)28-16-8-3-9-17-28/h1-23H. The molecule has 32 heavy (non-hydrogen) atoms. The molecule has 0 aliphatic carbocycles. The van der Waals surface area contributed by atoms with E-state index in [0.717, 1.165) is 16.1 Å². The van der Waals surface area contributed by atoms with Crippen molar-refractivity contribution in [2.75, 3.05) is 0 Å². The Bertz CT molecular complexity index is 1190. The highest BCUT2D eigenvalue weighted by atomic mass is 35.5. The molecule has 0 aromatic heterocycles. The first kappa shape index (κ1) is 20.3. The zero-order chi connectivity index (χ0) is 21.8. The molecule has 0 heterocycles. The number of hydrogen-bond acceptors (Lipinski definition) is 0. The van der Waals surface area contributed by atoms with Crippen molar-refractivity contribution >= 4 is 11.6 Å². The second-order valence-corrected chi connectivity index (χ2v) is 8.37. The minimum absolute atomic E-state index is 0.420. The molecule has 154 valence electrons. The number of rotatable bonds is 5. The van der Waals surface area contributed by atoms with Gasteiger partial charge in [0.15, 0.2) is 0 Å². The maximum absolute atomic E-state index is 6.24. The SMILES string of the molecule is Clc1cccc(-c2ccc(C(c3ccccc3)(c3ccccc3)c3ccccc3)cc2)c1. The van der Waals surface area contributed by atoms with Crippen molar-refractivity contribution in [3.8, 4) is 11.1 Å². The van der Waals surface area contributed by atoms with Gasteiger partial charge in [0.05, 0.1) is 5.41 Å². The third-order valence-electron chi connectivity index (χ3n) is 6.10. The Morgan fingerprint density at radius 3 is 1.25 bits per heavy atom. The molecular formula is C31H23Cl. The Hall–Kier alpha value is -3.61. The van der Waals surface area contributed by atoms with Crippen LogP contribution in [0.1, 0.15) is 22.3 Å². The zero-order valence-electron chi connectivity index (χ0n) is 17.7. The van der Waals surface area contributed by atoms with Crippen molar-refractivity contribution < 1.29 is 0 Å². The predicted octanol–water partition coefficient (Wildman–Crippen LogP) is 8.39. The van der Waals surface area contributed by atoms with Crippen molar-refractivity contribution in [1.29, 1.82) is 0 Å². The maximum Gasteiger partial charge on any atom is 0.0701 e. The highest BCUT2D eigenvalue weighted by Crippen LogP contribution is 2.45. The third-order valence-corrected chi connectivity index (χ3v) is 6.33. The van der Waals surface area contributed by atoms with E-state index in [4.69, 9.17) is 11.6 Å². The summed E-state index contributed by atoms with van der Waals surface area (Å²) in [7, 11) is 0. The summed E-state index contributed by atoms with van der Waals surface area (Å²) in [5, 5.41) is 0.749. The van der Waals surface area contributed by atoms with Gasteiger partial charge in [-0.05, 0) is 45.5 Å². The molecule has 0 amide bonds. The summed E-state index contributed by atoms with van der Waals surface area (Å²) in [4.78, 5) is 0. The van der Waals surface area contributed by atoms with Crippen LogP contribution in [-0.4, -0.2) is 0 Å². The third kappa shape index (κ3) is 3.64. The lowest BCUT2D eigenvalue weighted by molar-refractivity contribution is 0.745. The molecule has 0 aliphatic rings. The summed E-state index contributed by atoms with van der Waals surface area (Å²) < 4.78 is 0. The summed E-state index contributed by atoms with van der Waals surface area (Å²) in [6, 6.07) is 49.2. The molecule has 0 fully saturated rings. The average Bonchev–Trinajstić information content (AvgIpc) is 2.87. The van der Waals surface area contributed by atoms with Gasteiger partial charge in [-0.3, -0.25) is 0 Å². The van der Waals surface area contributed by atoms with Crippen LogP contribution in [0.25, 0.3) is 11.1 Å². The highest BCUT2D eigenvalue weighted by molar-refractivity contribution is 6.30. The fourth-order valence-corrected chi connectivity index (χ4v) is 4.84. The highest BCUT2D eigenvalue weighted by Gasteiger charge is 2.38. The van der Waals surface area contributed by atoms with Gasteiger partial charge in [-0.1, -0.05) is 139 Å². The summed E-state index contributed by atoms with van der Waals surface area (Å²) in [5.41, 5.74) is 6.81. The van der Waals surface area contributed by atoms with E-state index in [-0.39, 0.29) is 0 Å². The van der Waals surface area contributed by atoms with Gasteiger partial charge in [0.2, 0.25) is 0 Å². The maximum atomic E-state index is 6.24. The smallest absolute Gasteiger partial charge is 0.0701 e. The fraction of sp³-hybridized carbons (Fsp3) is 0.0323. The monoisotopic (exact) mass is 430 g/mol. The van der Waals surface area contributed by atoms with Gasteiger partial charge < -0.3 is 0 Å². The Labute approximate surface area is 194 Å². The molecule has 5 aromatic rings. The van der Waals surface area contributed by atoms with Gasteiger partial charge in [0.25, 0.3) is 0 Å². The van der Waals surface area contributed by atoms with Crippen LogP contribution in [0.3, 0.4) is 0 Å². The molecule has 0 radical (unpaired) electrons. The number of benzene rings is 5. The first-order valence-corrected chi connectivity index (χ1v) is 11.2. The van der Waals surface area contributed by atoms with Crippen molar-refractivity contribution in [1.82, 2.24) is 0 Å². The van der Waals surface area contributed by atoms with Crippen LogP contribution in [0.4, 0.5) is 0 Å². The number of hydrogen-bond donors (Lipinski definition) is 0. The molecule has 5 aromatic carbocycles. The van der Waals surface area contributed by atoms with Gasteiger partial charge in [-0.15, -0.1) is 0 Å². The van der Waals surface area contributed by atoms with Gasteiger partial charge in [-0.2, -0.15) is 0 Å². The second kappa shape index (κ2) is 8.86. The lowest BCUT2D eigenvalue weighted by Crippen LogP contribution is -2.30. The molecule has 0 saturated carbocycles. The van der Waals surface area contributed by atoms with Gasteiger partial charge in [0.1, 0.15) is 0 Å². The fourth-order valence-electron chi connectivity index (χ4n) is 4.65. The molecule has 0 spiro atoms. The molecule has 0 aliphatic heterocycles. The summed E-state index contributed by atoms with van der Waals surface area (Å²) >= 11 is 6.24. The van der Waals surface area contributed by atoms with Crippen molar-refractivity contribution in [3.05, 3.63) is 167 Å². The largest absolute Gasteiger partial charge is 0.0843 e. The molecule has 1 heteroatoms. The van der Waals surface area contributed by atoms with Crippen LogP contribution in [0.15, 0.2) is 140 Å². The quantitative estimate of drug-likeness (QED) is 0.245. The van der Waals surface area contributed by atoms with Crippen LogP contribution in [0, 0.1) is 0 Å². The Balaban J connectivity index is 1.77. The second-order valence-electron chi connectivity index (χ2n) is 7.94. The summed E-state index contributed by atoms with van der Waals surface area (Å²) in [6.45, 7) is 0. The molecule has 0 bridgehead atoms. The summed E-state index contributed by atoms with van der Waals surface area (Å²) in [6.07, 6.45) is 0. The Morgan fingerprint density at radius 1 is 0.375 bits per heavy atom. The van der Waals surface area contributed by atoms with E-state index in [1.54, 1.807) is 0 Å². The Kier molecular flexibility index (Phi) is 5.62. The normalized spacial score (nSPS) is 11.3. The zero-order valence-corrected chi connectivity index (χ0v) is 18.4. The van der Waals surface area contributed by atoms with E-state index in [1.165, 1.54) is 22.3 Å². The molecule has 0 unspecified atom stereocenters. The van der Waals surface area contributed by atoms with Crippen LogP contribution in [0.2, 0.25) is 5.02 Å². The first-order valence-electron chi connectivity index (χ1n) is 10.8. The van der Waals surface area contributed by atoms with E-state index in [2.05, 4.69) is 121 Å². The lowest BCUT2D eigenvalue weighted by atomic mass is 9.65.